The Morgan fingerprint density at radius 3 is 2.67 bits per heavy atom. The van der Waals surface area contributed by atoms with Crippen LogP contribution in [-0.2, 0) is 11.2 Å². The highest BCUT2D eigenvalue weighted by molar-refractivity contribution is 5.89. The minimum Gasteiger partial charge on any atom is -0.464 e. The number of nitrogens with zero attached hydrogens (tertiary/aromatic N) is 1. The fourth-order valence-corrected chi connectivity index (χ4v) is 2.22. The number of carbonyl (C=O) groups excluding carboxylic acids is 1. The van der Waals surface area contributed by atoms with E-state index in [-0.39, 0.29) is 24.4 Å². The Morgan fingerprint density at radius 2 is 2.05 bits per heavy atom. The smallest absolute Gasteiger partial charge is 0.227 e. The standard InChI is InChI=1S/C16H22N2O2.ClH/c1-10-5-6-14-13(9-20-16(14)12(10)3)7-15(19)18(4)11(2)8-17;/h5-6,9,11H,7-8,17H2,1-4H3;1H. The van der Waals surface area contributed by atoms with Gasteiger partial charge in [0.1, 0.15) is 5.58 Å². The molecule has 1 atom stereocenters. The molecule has 0 radical (unpaired) electrons. The van der Waals surface area contributed by atoms with Gasteiger partial charge >= 0.3 is 0 Å². The van der Waals surface area contributed by atoms with E-state index in [0.29, 0.717) is 13.0 Å². The highest BCUT2D eigenvalue weighted by Gasteiger charge is 2.18. The molecule has 2 rings (SSSR count). The number of fused-ring (bicyclic) bond motifs is 1. The van der Waals surface area contributed by atoms with Gasteiger partial charge in [0.2, 0.25) is 5.91 Å². The molecule has 1 aromatic heterocycles. The summed E-state index contributed by atoms with van der Waals surface area (Å²) >= 11 is 0. The molecular weight excluding hydrogens is 288 g/mol. The summed E-state index contributed by atoms with van der Waals surface area (Å²) in [4.78, 5) is 13.9. The van der Waals surface area contributed by atoms with Crippen LogP contribution in [0.25, 0.3) is 11.0 Å². The van der Waals surface area contributed by atoms with E-state index in [1.807, 2.05) is 19.9 Å². The molecule has 2 aromatic rings. The molecule has 4 nitrogen and oxygen atoms in total. The first-order chi connectivity index (χ1) is 9.45. The fraction of sp³-hybridized carbons (Fsp3) is 0.438. The Balaban J connectivity index is 0.00000220. The number of hydrogen-bond acceptors (Lipinski definition) is 3. The predicted molar refractivity (Wildman–Crippen MR) is 87.9 cm³/mol. The molecule has 0 aliphatic rings. The van der Waals surface area contributed by atoms with E-state index in [4.69, 9.17) is 10.2 Å². The van der Waals surface area contributed by atoms with Crippen LogP contribution in [0.15, 0.2) is 22.8 Å². The summed E-state index contributed by atoms with van der Waals surface area (Å²) in [6.45, 7) is 6.50. The van der Waals surface area contributed by atoms with Gasteiger partial charge < -0.3 is 15.1 Å². The third-order valence-corrected chi connectivity index (χ3v) is 4.08. The first-order valence-corrected chi connectivity index (χ1v) is 6.87. The Labute approximate surface area is 131 Å². The van der Waals surface area contributed by atoms with Gasteiger partial charge in [-0.2, -0.15) is 0 Å². The summed E-state index contributed by atoms with van der Waals surface area (Å²) in [5.74, 6) is 0.0591. The number of nitrogens with two attached hydrogens (primary N) is 1. The van der Waals surface area contributed by atoms with Crippen molar-refractivity contribution < 1.29 is 9.21 Å². The van der Waals surface area contributed by atoms with Gasteiger partial charge in [-0.1, -0.05) is 12.1 Å². The van der Waals surface area contributed by atoms with Crippen molar-refractivity contribution in [3.8, 4) is 0 Å². The Hall–Kier alpha value is -1.52. The maximum atomic E-state index is 12.2. The van der Waals surface area contributed by atoms with Gasteiger partial charge in [-0.05, 0) is 31.9 Å². The van der Waals surface area contributed by atoms with Gasteiger partial charge in [0.15, 0.2) is 0 Å². The predicted octanol–water partition coefficient (Wildman–Crippen LogP) is 2.82. The third kappa shape index (κ3) is 3.39. The number of rotatable bonds is 4. The number of likely N-dealkylation sites (N-methyl/N-ethyl adjacent to an activating group) is 1. The lowest BCUT2D eigenvalue weighted by atomic mass is 10.0. The number of amides is 1. The maximum Gasteiger partial charge on any atom is 0.227 e. The van der Waals surface area contributed by atoms with Crippen LogP contribution in [0.1, 0.15) is 23.6 Å². The molecule has 1 amide bonds. The van der Waals surface area contributed by atoms with E-state index in [2.05, 4.69) is 13.0 Å². The van der Waals surface area contributed by atoms with E-state index in [1.54, 1.807) is 18.2 Å². The van der Waals surface area contributed by atoms with Gasteiger partial charge in [-0.3, -0.25) is 4.79 Å². The average Bonchev–Trinajstić information content (AvgIpc) is 2.84. The van der Waals surface area contributed by atoms with Crippen molar-refractivity contribution in [1.82, 2.24) is 4.90 Å². The number of carbonyl (C=O) groups is 1. The summed E-state index contributed by atoms with van der Waals surface area (Å²) in [6.07, 6.45) is 2.03. The van der Waals surface area contributed by atoms with Crippen LogP contribution in [0, 0.1) is 13.8 Å². The number of benzene rings is 1. The zero-order chi connectivity index (χ0) is 14.9. The zero-order valence-corrected chi connectivity index (χ0v) is 13.8. The van der Waals surface area contributed by atoms with E-state index < -0.39 is 0 Å². The van der Waals surface area contributed by atoms with Gasteiger partial charge in [0.25, 0.3) is 0 Å². The molecule has 0 aliphatic heterocycles. The van der Waals surface area contributed by atoms with Crippen molar-refractivity contribution in [3.05, 3.63) is 35.1 Å². The lowest BCUT2D eigenvalue weighted by molar-refractivity contribution is -0.130. The normalized spacial score (nSPS) is 12.0. The largest absolute Gasteiger partial charge is 0.464 e. The highest BCUT2D eigenvalue weighted by atomic mass is 35.5. The van der Waals surface area contributed by atoms with Crippen LogP contribution in [0.5, 0.6) is 0 Å². The van der Waals surface area contributed by atoms with Crippen molar-refractivity contribution in [2.24, 2.45) is 5.73 Å². The van der Waals surface area contributed by atoms with Crippen molar-refractivity contribution in [1.29, 1.82) is 0 Å². The van der Waals surface area contributed by atoms with Crippen LogP contribution >= 0.6 is 12.4 Å². The third-order valence-electron chi connectivity index (χ3n) is 4.08. The monoisotopic (exact) mass is 310 g/mol. The van der Waals surface area contributed by atoms with Crippen LogP contribution in [0.4, 0.5) is 0 Å². The Morgan fingerprint density at radius 1 is 1.38 bits per heavy atom. The summed E-state index contributed by atoms with van der Waals surface area (Å²) < 4.78 is 5.63. The first-order valence-electron chi connectivity index (χ1n) is 6.87. The summed E-state index contributed by atoms with van der Waals surface area (Å²) in [5, 5.41) is 1.02. The van der Waals surface area contributed by atoms with E-state index in [0.717, 1.165) is 22.1 Å². The Kier molecular flexibility index (Phi) is 5.81. The molecule has 2 N–H and O–H groups in total. The van der Waals surface area contributed by atoms with Crippen LogP contribution in [-0.4, -0.2) is 30.4 Å². The van der Waals surface area contributed by atoms with E-state index >= 15 is 0 Å². The van der Waals surface area contributed by atoms with Gasteiger partial charge in [-0.15, -0.1) is 12.4 Å². The van der Waals surface area contributed by atoms with Gasteiger partial charge in [0, 0.05) is 30.6 Å². The number of hydrogen-bond donors (Lipinski definition) is 1. The molecular formula is C16H23ClN2O2. The zero-order valence-electron chi connectivity index (χ0n) is 13.0. The SMILES string of the molecule is Cc1ccc2c(CC(=O)N(C)C(C)CN)coc2c1C.Cl. The quantitative estimate of drug-likeness (QED) is 0.944. The molecule has 0 spiro atoms. The second-order valence-corrected chi connectivity index (χ2v) is 5.41. The lowest BCUT2D eigenvalue weighted by Crippen LogP contribution is -2.40. The minimum atomic E-state index is 0. The molecule has 0 saturated carbocycles. The Bertz CT molecular complexity index is 636. The van der Waals surface area contributed by atoms with Crippen molar-refractivity contribution in [2.45, 2.75) is 33.2 Å². The van der Waals surface area contributed by atoms with Crippen LogP contribution in [0.3, 0.4) is 0 Å². The average molecular weight is 311 g/mol. The summed E-state index contributed by atoms with van der Waals surface area (Å²) in [5.41, 5.74) is 9.73. The number of aryl methyl sites for hydroxylation is 2. The second-order valence-electron chi connectivity index (χ2n) is 5.41. The first kappa shape index (κ1) is 17.5. The molecule has 0 aliphatic carbocycles. The van der Waals surface area contributed by atoms with Crippen molar-refractivity contribution in [3.63, 3.8) is 0 Å². The van der Waals surface area contributed by atoms with Crippen LogP contribution < -0.4 is 5.73 Å². The molecule has 1 heterocycles. The molecule has 0 bridgehead atoms. The number of halogens is 1. The van der Waals surface area contributed by atoms with Crippen molar-refractivity contribution >= 4 is 29.3 Å². The molecule has 5 heteroatoms. The molecule has 1 unspecified atom stereocenters. The second kappa shape index (κ2) is 6.96. The molecule has 1 aromatic carbocycles. The summed E-state index contributed by atoms with van der Waals surface area (Å²) in [7, 11) is 1.79. The molecule has 0 fully saturated rings. The van der Waals surface area contributed by atoms with Gasteiger partial charge in [0.05, 0.1) is 12.7 Å². The van der Waals surface area contributed by atoms with Crippen molar-refractivity contribution in [2.75, 3.05) is 13.6 Å². The molecule has 21 heavy (non-hydrogen) atoms. The highest BCUT2D eigenvalue weighted by Crippen LogP contribution is 2.27. The topological polar surface area (TPSA) is 59.5 Å². The maximum absolute atomic E-state index is 12.2. The lowest BCUT2D eigenvalue weighted by Gasteiger charge is -2.23. The number of furan rings is 1. The summed E-state index contributed by atoms with van der Waals surface area (Å²) in [6, 6.07) is 4.13. The van der Waals surface area contributed by atoms with Crippen LogP contribution in [0.2, 0.25) is 0 Å². The van der Waals surface area contributed by atoms with E-state index in [1.165, 1.54) is 5.56 Å². The molecule has 116 valence electrons. The van der Waals surface area contributed by atoms with E-state index in [9.17, 15) is 4.79 Å². The fourth-order valence-electron chi connectivity index (χ4n) is 2.22. The molecule has 0 saturated heterocycles. The van der Waals surface area contributed by atoms with Gasteiger partial charge in [-0.25, -0.2) is 0 Å². The minimum absolute atomic E-state index is 0.